The molecule has 146 valence electrons. The number of likely N-dealkylation sites (tertiary alicyclic amines) is 1. The molecule has 1 aromatic carbocycles. The Bertz CT molecular complexity index is 704. The van der Waals surface area contributed by atoms with Crippen LogP contribution in [0.25, 0.3) is 0 Å². The van der Waals surface area contributed by atoms with Crippen LogP contribution in [0.4, 0.5) is 5.69 Å². The van der Waals surface area contributed by atoms with Gasteiger partial charge in [-0.25, -0.2) is 0 Å². The molecule has 3 saturated heterocycles. The first-order chi connectivity index (χ1) is 13.1. The minimum atomic E-state index is -0.247. The van der Waals surface area contributed by atoms with Gasteiger partial charge in [-0.15, -0.1) is 0 Å². The lowest BCUT2D eigenvalue weighted by Crippen LogP contribution is -2.46. The summed E-state index contributed by atoms with van der Waals surface area (Å²) in [6.45, 7) is 6.74. The summed E-state index contributed by atoms with van der Waals surface area (Å²) >= 11 is 0. The van der Waals surface area contributed by atoms with Gasteiger partial charge in [0.2, 0.25) is 11.8 Å². The van der Waals surface area contributed by atoms with Crippen LogP contribution < -0.4 is 15.0 Å². The van der Waals surface area contributed by atoms with Gasteiger partial charge in [0.15, 0.2) is 0 Å². The monoisotopic (exact) mass is 371 g/mol. The Morgan fingerprint density at radius 2 is 2.04 bits per heavy atom. The minimum Gasteiger partial charge on any atom is -0.492 e. The van der Waals surface area contributed by atoms with E-state index in [0.717, 1.165) is 44.7 Å². The molecule has 3 aliphatic rings. The molecule has 6 heteroatoms. The fourth-order valence-electron chi connectivity index (χ4n) is 4.75. The van der Waals surface area contributed by atoms with E-state index in [1.165, 1.54) is 6.42 Å². The van der Waals surface area contributed by atoms with Crippen LogP contribution in [0.15, 0.2) is 24.3 Å². The van der Waals surface area contributed by atoms with Gasteiger partial charge in [-0.2, -0.15) is 0 Å². The molecule has 1 N–H and O–H groups in total. The summed E-state index contributed by atoms with van der Waals surface area (Å²) in [5.41, 5.74) is 1.17. The van der Waals surface area contributed by atoms with E-state index in [1.54, 1.807) is 4.90 Å². The van der Waals surface area contributed by atoms with E-state index in [2.05, 4.69) is 5.32 Å². The molecule has 0 aliphatic carbocycles. The van der Waals surface area contributed by atoms with Crippen LogP contribution in [-0.4, -0.2) is 56.0 Å². The summed E-state index contributed by atoms with van der Waals surface area (Å²) in [6.07, 6.45) is 3.66. The number of nitrogens with zero attached hydrogens (tertiary/aromatic N) is 2. The lowest BCUT2D eigenvalue weighted by atomic mass is 9.77. The summed E-state index contributed by atoms with van der Waals surface area (Å²) in [4.78, 5) is 29.4. The molecule has 1 atom stereocenters. The summed E-state index contributed by atoms with van der Waals surface area (Å²) in [5.74, 6) is 0.604. The summed E-state index contributed by atoms with van der Waals surface area (Å²) < 4.78 is 5.67. The molecule has 1 aromatic rings. The molecule has 0 saturated carbocycles. The predicted molar refractivity (Wildman–Crippen MR) is 104 cm³/mol. The zero-order valence-electron chi connectivity index (χ0n) is 16.1. The number of nitrogens with one attached hydrogen (secondary N) is 1. The molecule has 2 amide bonds. The van der Waals surface area contributed by atoms with Gasteiger partial charge in [-0.1, -0.05) is 12.1 Å². The molecule has 1 spiro atoms. The van der Waals surface area contributed by atoms with Crippen LogP contribution in [0.1, 0.15) is 32.6 Å². The van der Waals surface area contributed by atoms with Crippen molar-refractivity contribution in [3.8, 4) is 5.75 Å². The van der Waals surface area contributed by atoms with Gasteiger partial charge in [-0.05, 0) is 50.3 Å². The summed E-state index contributed by atoms with van der Waals surface area (Å²) in [7, 11) is 0. The molecule has 6 nitrogen and oxygen atoms in total. The van der Waals surface area contributed by atoms with Crippen LogP contribution in [0.3, 0.4) is 0 Å². The third-order valence-electron chi connectivity index (χ3n) is 6.40. The van der Waals surface area contributed by atoms with E-state index in [9.17, 15) is 9.59 Å². The Morgan fingerprint density at radius 3 is 2.74 bits per heavy atom. The van der Waals surface area contributed by atoms with Gasteiger partial charge in [0.05, 0.1) is 18.2 Å². The van der Waals surface area contributed by atoms with Crippen LogP contribution in [0.2, 0.25) is 0 Å². The van der Waals surface area contributed by atoms with E-state index in [4.69, 9.17) is 4.74 Å². The van der Waals surface area contributed by atoms with Crippen LogP contribution in [0, 0.1) is 11.3 Å². The number of carbonyl (C=O) groups is 2. The van der Waals surface area contributed by atoms with Crippen molar-refractivity contribution in [2.75, 3.05) is 44.2 Å². The zero-order valence-corrected chi connectivity index (χ0v) is 16.1. The Hall–Kier alpha value is -2.08. The van der Waals surface area contributed by atoms with E-state index < -0.39 is 0 Å². The predicted octanol–water partition coefficient (Wildman–Crippen LogP) is 2.04. The van der Waals surface area contributed by atoms with Crippen molar-refractivity contribution in [1.29, 1.82) is 0 Å². The molecule has 3 fully saturated rings. The average Bonchev–Trinajstić information content (AvgIpc) is 3.30. The number of hydrogen-bond acceptors (Lipinski definition) is 4. The highest BCUT2D eigenvalue weighted by molar-refractivity contribution is 6.01. The highest BCUT2D eigenvalue weighted by atomic mass is 16.5. The second kappa shape index (κ2) is 7.50. The van der Waals surface area contributed by atoms with Crippen LogP contribution in [-0.2, 0) is 9.59 Å². The van der Waals surface area contributed by atoms with E-state index in [1.807, 2.05) is 36.1 Å². The van der Waals surface area contributed by atoms with Crippen molar-refractivity contribution in [3.63, 3.8) is 0 Å². The van der Waals surface area contributed by atoms with E-state index in [-0.39, 0.29) is 17.7 Å². The van der Waals surface area contributed by atoms with E-state index in [0.29, 0.717) is 30.7 Å². The second-order valence-electron chi connectivity index (χ2n) is 8.06. The smallest absolute Gasteiger partial charge is 0.228 e. The van der Waals surface area contributed by atoms with Gasteiger partial charge in [-0.3, -0.25) is 9.59 Å². The van der Waals surface area contributed by atoms with Crippen molar-refractivity contribution in [2.24, 2.45) is 11.3 Å². The number of carbonyl (C=O) groups excluding carboxylic acids is 2. The lowest BCUT2D eigenvalue weighted by Gasteiger charge is -2.39. The maximum absolute atomic E-state index is 13.0. The van der Waals surface area contributed by atoms with Gasteiger partial charge < -0.3 is 19.9 Å². The Kier molecular flexibility index (Phi) is 5.08. The lowest BCUT2D eigenvalue weighted by molar-refractivity contribution is -0.137. The number of hydrogen-bond donors (Lipinski definition) is 1. The fraction of sp³-hybridized carbons (Fsp3) is 0.619. The maximum Gasteiger partial charge on any atom is 0.228 e. The molecular formula is C21H29N3O3. The Labute approximate surface area is 160 Å². The SMILES string of the molecule is CCOc1ccccc1N1CC(C(=O)N2CCC3(CCNC3)CC2)CC1=O. The number of rotatable bonds is 4. The first-order valence-electron chi connectivity index (χ1n) is 10.1. The first-order valence-corrected chi connectivity index (χ1v) is 10.1. The Balaban J connectivity index is 1.41. The standard InChI is InChI=1S/C21H29N3O3/c1-2-27-18-6-4-3-5-17(18)24-14-16(13-19(24)25)20(26)23-11-8-21(9-12-23)7-10-22-15-21/h3-6,16,22H,2,7-15H2,1H3. The normalized spacial score (nSPS) is 24.6. The van der Waals surface area contributed by atoms with Gasteiger partial charge in [0.25, 0.3) is 0 Å². The summed E-state index contributed by atoms with van der Waals surface area (Å²) in [5, 5.41) is 3.46. The number of benzene rings is 1. The van der Waals surface area contributed by atoms with Gasteiger partial charge in [0.1, 0.15) is 5.75 Å². The third kappa shape index (κ3) is 3.55. The highest BCUT2D eigenvalue weighted by Crippen LogP contribution is 2.38. The molecule has 27 heavy (non-hydrogen) atoms. The van der Waals surface area contributed by atoms with Crippen molar-refractivity contribution in [1.82, 2.24) is 10.2 Å². The van der Waals surface area contributed by atoms with Crippen LogP contribution >= 0.6 is 0 Å². The molecule has 4 rings (SSSR count). The summed E-state index contributed by atoms with van der Waals surface area (Å²) in [6, 6.07) is 7.58. The topological polar surface area (TPSA) is 61.9 Å². The second-order valence-corrected chi connectivity index (χ2v) is 8.06. The van der Waals surface area contributed by atoms with Crippen molar-refractivity contribution in [2.45, 2.75) is 32.6 Å². The van der Waals surface area contributed by atoms with E-state index >= 15 is 0 Å². The number of amides is 2. The molecule has 1 unspecified atom stereocenters. The quantitative estimate of drug-likeness (QED) is 0.880. The Morgan fingerprint density at radius 1 is 1.26 bits per heavy atom. The van der Waals surface area contributed by atoms with Crippen LogP contribution in [0.5, 0.6) is 5.75 Å². The van der Waals surface area contributed by atoms with Crippen molar-refractivity contribution < 1.29 is 14.3 Å². The van der Waals surface area contributed by atoms with Gasteiger partial charge >= 0.3 is 0 Å². The molecule has 3 heterocycles. The first kappa shape index (κ1) is 18.3. The maximum atomic E-state index is 13.0. The largest absolute Gasteiger partial charge is 0.492 e. The number of anilines is 1. The molecular weight excluding hydrogens is 342 g/mol. The average molecular weight is 371 g/mol. The minimum absolute atomic E-state index is 0.00831. The molecule has 0 bridgehead atoms. The molecule has 0 aromatic heterocycles. The third-order valence-corrected chi connectivity index (χ3v) is 6.40. The fourth-order valence-corrected chi connectivity index (χ4v) is 4.75. The van der Waals surface area contributed by atoms with Gasteiger partial charge in [0, 0.05) is 32.6 Å². The number of piperidine rings is 1. The van der Waals surface area contributed by atoms with Crippen molar-refractivity contribution >= 4 is 17.5 Å². The molecule has 3 aliphatic heterocycles. The number of ether oxygens (including phenoxy) is 1. The number of para-hydroxylation sites is 2. The van der Waals surface area contributed by atoms with Crippen molar-refractivity contribution in [3.05, 3.63) is 24.3 Å². The molecule has 0 radical (unpaired) electrons. The zero-order chi connectivity index (χ0) is 18.9. The highest BCUT2D eigenvalue weighted by Gasteiger charge is 2.42.